The first-order valence-electron chi connectivity index (χ1n) is 6.73. The van der Waals surface area contributed by atoms with Crippen molar-refractivity contribution in [2.45, 2.75) is 20.1 Å². The third-order valence-corrected chi connectivity index (χ3v) is 4.02. The van der Waals surface area contributed by atoms with Gasteiger partial charge in [-0.05, 0) is 19.1 Å². The van der Waals surface area contributed by atoms with Crippen molar-refractivity contribution in [2.75, 3.05) is 20.3 Å². The number of benzene rings is 1. The van der Waals surface area contributed by atoms with Gasteiger partial charge in [-0.25, -0.2) is 9.37 Å². The second-order valence-corrected chi connectivity index (χ2v) is 5.67. The van der Waals surface area contributed by atoms with Gasteiger partial charge in [0.1, 0.15) is 11.6 Å². The summed E-state index contributed by atoms with van der Waals surface area (Å²) in [6.07, 6.45) is 0. The van der Waals surface area contributed by atoms with Crippen molar-refractivity contribution >= 4 is 11.3 Å². The van der Waals surface area contributed by atoms with Gasteiger partial charge >= 0.3 is 0 Å². The molecule has 2 aromatic rings. The minimum atomic E-state index is -0.354. The summed E-state index contributed by atoms with van der Waals surface area (Å²) in [6.45, 7) is 4.49. The molecule has 0 fully saturated rings. The monoisotopic (exact) mass is 310 g/mol. The number of nitrogens with zero attached hydrogens (tertiary/aromatic N) is 1. The van der Waals surface area contributed by atoms with Crippen LogP contribution in [0.4, 0.5) is 4.39 Å². The fourth-order valence-electron chi connectivity index (χ4n) is 1.79. The Bertz CT molecular complexity index is 575. The highest BCUT2D eigenvalue weighted by atomic mass is 32.1. The van der Waals surface area contributed by atoms with Crippen LogP contribution in [0.25, 0.3) is 0 Å². The Morgan fingerprint density at radius 1 is 1.33 bits per heavy atom. The Labute approximate surface area is 127 Å². The Hall–Kier alpha value is -1.50. The maximum absolute atomic E-state index is 13.5. The highest BCUT2D eigenvalue weighted by molar-refractivity contribution is 7.11. The maximum Gasteiger partial charge on any atom is 0.165 e. The molecule has 0 aliphatic carbocycles. The number of rotatable bonds is 8. The fraction of sp³-hybridized carbons (Fsp3) is 0.400. The molecule has 0 amide bonds. The number of thiazole rings is 1. The van der Waals surface area contributed by atoms with Crippen molar-refractivity contribution in [3.8, 4) is 5.75 Å². The second-order valence-electron chi connectivity index (χ2n) is 4.50. The predicted molar refractivity (Wildman–Crippen MR) is 81.2 cm³/mol. The zero-order chi connectivity index (χ0) is 15.1. The average Bonchev–Trinajstić information content (AvgIpc) is 2.83. The first-order chi connectivity index (χ1) is 10.2. The van der Waals surface area contributed by atoms with Gasteiger partial charge in [0.05, 0.1) is 12.3 Å². The molecule has 0 unspecified atom stereocenters. The summed E-state index contributed by atoms with van der Waals surface area (Å²) in [5.74, 6) is -0.0997. The van der Waals surface area contributed by atoms with Crippen LogP contribution >= 0.6 is 11.3 Å². The standard InChI is InChI=1S/C15H19FN2O2S/c1-11-14(9-17-7-8-19-2)21-15(18-11)10-20-13-6-4-3-5-12(13)16/h3-6,17H,7-10H2,1-2H3. The second kappa shape index (κ2) is 8.07. The molecule has 2 rings (SSSR count). The number of halogens is 1. The van der Waals surface area contributed by atoms with E-state index >= 15 is 0 Å². The van der Waals surface area contributed by atoms with Gasteiger partial charge in [0.15, 0.2) is 11.6 Å². The summed E-state index contributed by atoms with van der Waals surface area (Å²) in [5, 5.41) is 4.13. The van der Waals surface area contributed by atoms with Gasteiger partial charge in [-0.3, -0.25) is 0 Å². The molecule has 1 aromatic carbocycles. The molecule has 0 bridgehead atoms. The molecule has 0 atom stereocenters. The summed E-state index contributed by atoms with van der Waals surface area (Å²) >= 11 is 1.58. The number of hydrogen-bond donors (Lipinski definition) is 1. The summed E-state index contributed by atoms with van der Waals surface area (Å²) in [6, 6.07) is 6.38. The van der Waals surface area contributed by atoms with Crippen molar-refractivity contribution < 1.29 is 13.9 Å². The number of aromatic nitrogens is 1. The van der Waals surface area contributed by atoms with Crippen LogP contribution in [0.1, 0.15) is 15.6 Å². The van der Waals surface area contributed by atoms with Crippen LogP contribution in [-0.4, -0.2) is 25.2 Å². The highest BCUT2D eigenvalue weighted by Crippen LogP contribution is 2.21. The quantitative estimate of drug-likeness (QED) is 0.761. The molecular formula is C15H19FN2O2S. The van der Waals surface area contributed by atoms with Crippen LogP contribution in [0.15, 0.2) is 24.3 Å². The number of para-hydroxylation sites is 1. The van der Waals surface area contributed by atoms with Crippen molar-refractivity contribution in [2.24, 2.45) is 0 Å². The summed E-state index contributed by atoms with van der Waals surface area (Å²) in [5.41, 5.74) is 0.983. The molecule has 21 heavy (non-hydrogen) atoms. The molecule has 0 saturated carbocycles. The molecular weight excluding hydrogens is 291 g/mol. The molecule has 4 nitrogen and oxygen atoms in total. The molecule has 1 heterocycles. The topological polar surface area (TPSA) is 43.4 Å². The molecule has 0 spiro atoms. The van der Waals surface area contributed by atoms with E-state index in [2.05, 4.69) is 10.3 Å². The van der Waals surface area contributed by atoms with Crippen molar-refractivity contribution in [1.29, 1.82) is 0 Å². The lowest BCUT2D eigenvalue weighted by Gasteiger charge is -2.04. The van der Waals surface area contributed by atoms with Gasteiger partial charge in [0, 0.05) is 25.1 Å². The van der Waals surface area contributed by atoms with Crippen LogP contribution in [0, 0.1) is 12.7 Å². The molecule has 6 heteroatoms. The Morgan fingerprint density at radius 3 is 2.90 bits per heavy atom. The minimum absolute atomic E-state index is 0.255. The number of nitrogens with one attached hydrogen (secondary N) is 1. The van der Waals surface area contributed by atoms with Gasteiger partial charge in [0.25, 0.3) is 0 Å². The molecule has 0 radical (unpaired) electrons. The average molecular weight is 310 g/mol. The lowest BCUT2D eigenvalue weighted by Crippen LogP contribution is -2.18. The van der Waals surface area contributed by atoms with Gasteiger partial charge in [0.2, 0.25) is 0 Å². The van der Waals surface area contributed by atoms with E-state index in [1.807, 2.05) is 6.92 Å². The molecule has 0 aliphatic rings. The Balaban J connectivity index is 1.88. The van der Waals surface area contributed by atoms with E-state index in [1.54, 1.807) is 36.6 Å². The van der Waals surface area contributed by atoms with Crippen molar-refractivity contribution in [1.82, 2.24) is 10.3 Å². The van der Waals surface area contributed by atoms with E-state index in [0.717, 1.165) is 23.8 Å². The lowest BCUT2D eigenvalue weighted by molar-refractivity contribution is 0.199. The number of hydrogen-bond acceptors (Lipinski definition) is 5. The van der Waals surface area contributed by atoms with E-state index in [-0.39, 0.29) is 18.2 Å². The Kier molecular flexibility index (Phi) is 6.10. The van der Waals surface area contributed by atoms with Gasteiger partial charge in [-0.2, -0.15) is 0 Å². The molecule has 114 valence electrons. The molecule has 0 aliphatic heterocycles. The Morgan fingerprint density at radius 2 is 2.14 bits per heavy atom. The van der Waals surface area contributed by atoms with Crippen molar-refractivity contribution in [3.05, 3.63) is 45.7 Å². The molecule has 1 aromatic heterocycles. The highest BCUT2D eigenvalue weighted by Gasteiger charge is 2.09. The predicted octanol–water partition coefficient (Wildman–Crippen LogP) is 2.91. The van der Waals surface area contributed by atoms with Gasteiger partial charge in [-0.1, -0.05) is 12.1 Å². The fourth-order valence-corrected chi connectivity index (χ4v) is 2.74. The first kappa shape index (κ1) is 15.9. The third-order valence-electron chi connectivity index (χ3n) is 2.89. The minimum Gasteiger partial charge on any atom is -0.483 e. The largest absolute Gasteiger partial charge is 0.483 e. The van der Waals surface area contributed by atoms with E-state index in [9.17, 15) is 4.39 Å². The van der Waals surface area contributed by atoms with Crippen LogP contribution in [-0.2, 0) is 17.9 Å². The molecule has 0 saturated heterocycles. The van der Waals surface area contributed by atoms with Crippen LogP contribution in [0.3, 0.4) is 0 Å². The van der Waals surface area contributed by atoms with Gasteiger partial charge in [-0.15, -0.1) is 11.3 Å². The summed E-state index contributed by atoms with van der Waals surface area (Å²) in [4.78, 5) is 5.62. The lowest BCUT2D eigenvalue weighted by atomic mass is 10.3. The normalized spacial score (nSPS) is 10.8. The van der Waals surface area contributed by atoms with E-state index in [4.69, 9.17) is 9.47 Å². The third kappa shape index (κ3) is 4.77. The number of methoxy groups -OCH3 is 1. The smallest absolute Gasteiger partial charge is 0.165 e. The zero-order valence-electron chi connectivity index (χ0n) is 12.2. The number of ether oxygens (including phenoxy) is 2. The molecule has 1 N–H and O–H groups in total. The first-order valence-corrected chi connectivity index (χ1v) is 7.54. The van der Waals surface area contributed by atoms with Crippen LogP contribution in [0.5, 0.6) is 5.75 Å². The zero-order valence-corrected chi connectivity index (χ0v) is 13.0. The van der Waals surface area contributed by atoms with Crippen LogP contribution in [0.2, 0.25) is 0 Å². The van der Waals surface area contributed by atoms with E-state index in [0.29, 0.717) is 6.61 Å². The van der Waals surface area contributed by atoms with Crippen molar-refractivity contribution in [3.63, 3.8) is 0 Å². The van der Waals surface area contributed by atoms with E-state index in [1.165, 1.54) is 10.9 Å². The number of aryl methyl sites for hydroxylation is 1. The van der Waals surface area contributed by atoms with Gasteiger partial charge < -0.3 is 14.8 Å². The summed E-state index contributed by atoms with van der Waals surface area (Å²) in [7, 11) is 1.68. The SMILES string of the molecule is COCCNCc1sc(COc2ccccc2F)nc1C. The maximum atomic E-state index is 13.5. The van der Waals surface area contributed by atoms with E-state index < -0.39 is 0 Å². The summed E-state index contributed by atoms with van der Waals surface area (Å²) < 4.78 is 23.9. The van der Waals surface area contributed by atoms with Crippen LogP contribution < -0.4 is 10.1 Å².